The van der Waals surface area contributed by atoms with Gasteiger partial charge in [-0.1, -0.05) is 11.2 Å². The maximum Gasteiger partial charge on any atom is 0.151 e. The summed E-state index contributed by atoms with van der Waals surface area (Å²) in [7, 11) is 0. The first kappa shape index (κ1) is 15.0. The molecule has 1 aliphatic heterocycles. The van der Waals surface area contributed by atoms with Gasteiger partial charge in [0.05, 0.1) is 18.8 Å². The van der Waals surface area contributed by atoms with Crippen molar-refractivity contribution in [1.29, 1.82) is 0 Å². The van der Waals surface area contributed by atoms with E-state index >= 15 is 0 Å². The highest BCUT2D eigenvalue weighted by Crippen LogP contribution is 2.23. The Morgan fingerprint density at radius 3 is 2.88 bits per heavy atom. The van der Waals surface area contributed by atoms with Crippen LogP contribution in [0.5, 0.6) is 0 Å². The van der Waals surface area contributed by atoms with Gasteiger partial charge < -0.3 is 9.26 Å². The number of hydrogen-bond acceptors (Lipinski definition) is 6. The molecule has 0 radical (unpaired) electrons. The summed E-state index contributed by atoms with van der Waals surface area (Å²) >= 11 is 0. The van der Waals surface area contributed by atoms with Crippen LogP contribution in [0.2, 0.25) is 0 Å². The summed E-state index contributed by atoms with van der Waals surface area (Å²) in [5, 5.41) is 4.16. The molecule has 1 aliphatic rings. The van der Waals surface area contributed by atoms with E-state index in [9.17, 15) is 0 Å². The van der Waals surface area contributed by atoms with Gasteiger partial charge in [-0.3, -0.25) is 14.9 Å². The van der Waals surface area contributed by atoms with Crippen molar-refractivity contribution in [1.82, 2.24) is 20.0 Å². The van der Waals surface area contributed by atoms with Crippen LogP contribution in [0, 0.1) is 0 Å². The van der Waals surface area contributed by atoms with E-state index in [1.807, 2.05) is 36.4 Å². The van der Waals surface area contributed by atoms with Gasteiger partial charge in [0.2, 0.25) is 0 Å². The number of nitrogens with zero attached hydrogens (tertiary/aromatic N) is 4. The average molecular weight is 322 g/mol. The molecular weight excluding hydrogens is 304 g/mol. The first-order chi connectivity index (χ1) is 11.9. The Bertz CT molecular complexity index is 776. The van der Waals surface area contributed by atoms with Crippen LogP contribution in [0.4, 0.5) is 0 Å². The maximum absolute atomic E-state index is 5.85. The number of morpholine rings is 1. The standard InChI is InChI=1S/C18H18N4O2/c1-2-6-20-16(3-1)18-13-22(9-10-23-18)12-15-11-17(21-24-15)14-4-7-19-8-5-14/h1-8,11,18H,9-10,12-13H2. The summed E-state index contributed by atoms with van der Waals surface area (Å²) in [4.78, 5) is 10.7. The lowest BCUT2D eigenvalue weighted by molar-refractivity contribution is -0.0371. The van der Waals surface area contributed by atoms with E-state index in [0.717, 1.165) is 35.8 Å². The van der Waals surface area contributed by atoms with Gasteiger partial charge in [-0.05, 0) is 24.3 Å². The number of aromatic nitrogens is 3. The lowest BCUT2D eigenvalue weighted by Gasteiger charge is -2.31. The van der Waals surface area contributed by atoms with E-state index in [4.69, 9.17) is 9.26 Å². The number of rotatable bonds is 4. The van der Waals surface area contributed by atoms with E-state index in [0.29, 0.717) is 13.2 Å². The molecule has 0 aliphatic carbocycles. The van der Waals surface area contributed by atoms with Gasteiger partial charge in [-0.15, -0.1) is 0 Å². The highest BCUT2D eigenvalue weighted by atomic mass is 16.5. The summed E-state index contributed by atoms with van der Waals surface area (Å²) in [5.41, 5.74) is 2.81. The Labute approximate surface area is 140 Å². The lowest BCUT2D eigenvalue weighted by Crippen LogP contribution is -2.38. The Balaban J connectivity index is 1.43. The molecule has 0 N–H and O–H groups in total. The van der Waals surface area contributed by atoms with E-state index in [-0.39, 0.29) is 6.10 Å². The smallest absolute Gasteiger partial charge is 0.151 e. The van der Waals surface area contributed by atoms with Gasteiger partial charge in [0.25, 0.3) is 0 Å². The van der Waals surface area contributed by atoms with E-state index < -0.39 is 0 Å². The number of hydrogen-bond donors (Lipinski definition) is 0. The molecule has 1 saturated heterocycles. The fourth-order valence-electron chi connectivity index (χ4n) is 2.86. The maximum atomic E-state index is 5.85. The monoisotopic (exact) mass is 322 g/mol. The second-order valence-corrected chi connectivity index (χ2v) is 5.76. The highest BCUT2D eigenvalue weighted by molar-refractivity contribution is 5.57. The molecule has 0 saturated carbocycles. The molecule has 24 heavy (non-hydrogen) atoms. The molecule has 1 unspecified atom stereocenters. The van der Waals surface area contributed by atoms with E-state index in [1.54, 1.807) is 18.6 Å². The summed E-state index contributed by atoms with van der Waals surface area (Å²) < 4.78 is 11.3. The van der Waals surface area contributed by atoms with Gasteiger partial charge in [0.1, 0.15) is 11.8 Å². The largest absolute Gasteiger partial charge is 0.369 e. The van der Waals surface area contributed by atoms with Gasteiger partial charge >= 0.3 is 0 Å². The summed E-state index contributed by atoms with van der Waals surface area (Å²) in [6.07, 6.45) is 5.31. The minimum Gasteiger partial charge on any atom is -0.369 e. The quantitative estimate of drug-likeness (QED) is 0.736. The zero-order chi connectivity index (χ0) is 16.2. The van der Waals surface area contributed by atoms with Gasteiger partial charge in [0.15, 0.2) is 5.76 Å². The van der Waals surface area contributed by atoms with Crippen LogP contribution in [0.15, 0.2) is 59.5 Å². The zero-order valence-electron chi connectivity index (χ0n) is 13.2. The van der Waals surface area contributed by atoms with Gasteiger partial charge in [-0.25, -0.2) is 0 Å². The van der Waals surface area contributed by atoms with Crippen molar-refractivity contribution in [2.24, 2.45) is 0 Å². The van der Waals surface area contributed by atoms with Gasteiger partial charge in [-0.2, -0.15) is 0 Å². The molecule has 122 valence electrons. The third-order valence-corrected chi connectivity index (χ3v) is 4.08. The fraction of sp³-hybridized carbons (Fsp3) is 0.278. The van der Waals surface area contributed by atoms with Crippen LogP contribution >= 0.6 is 0 Å². The van der Waals surface area contributed by atoms with Crippen LogP contribution in [0.25, 0.3) is 11.3 Å². The van der Waals surface area contributed by atoms with E-state index in [2.05, 4.69) is 20.0 Å². The van der Waals surface area contributed by atoms with Crippen LogP contribution in [-0.4, -0.2) is 39.7 Å². The van der Waals surface area contributed by atoms with Crippen molar-refractivity contribution in [3.05, 3.63) is 66.4 Å². The first-order valence-electron chi connectivity index (χ1n) is 7.99. The molecule has 0 aromatic carbocycles. The lowest BCUT2D eigenvalue weighted by atomic mass is 10.1. The van der Waals surface area contributed by atoms with Crippen molar-refractivity contribution in [2.75, 3.05) is 19.7 Å². The molecule has 1 fully saturated rings. The SMILES string of the molecule is c1ccc(C2CN(Cc3cc(-c4ccncc4)no3)CCO2)nc1. The van der Waals surface area contributed by atoms with Crippen molar-refractivity contribution < 1.29 is 9.26 Å². The molecule has 6 heteroatoms. The normalized spacial score (nSPS) is 18.6. The molecule has 6 nitrogen and oxygen atoms in total. The molecular formula is C18H18N4O2. The zero-order valence-corrected chi connectivity index (χ0v) is 13.2. The van der Waals surface area contributed by atoms with Crippen molar-refractivity contribution in [3.8, 4) is 11.3 Å². The van der Waals surface area contributed by atoms with Gasteiger partial charge in [0, 0.05) is 43.3 Å². The molecule has 0 amide bonds. The highest BCUT2D eigenvalue weighted by Gasteiger charge is 2.23. The molecule has 4 heterocycles. The number of pyridine rings is 2. The second kappa shape index (κ2) is 6.90. The predicted molar refractivity (Wildman–Crippen MR) is 87.9 cm³/mol. The summed E-state index contributed by atoms with van der Waals surface area (Å²) in [6, 6.07) is 11.7. The molecule has 3 aromatic heterocycles. The predicted octanol–water partition coefficient (Wildman–Crippen LogP) is 2.71. The van der Waals surface area contributed by atoms with Crippen molar-refractivity contribution >= 4 is 0 Å². The Morgan fingerprint density at radius 1 is 1.12 bits per heavy atom. The molecule has 0 spiro atoms. The van der Waals surface area contributed by atoms with Crippen molar-refractivity contribution in [2.45, 2.75) is 12.6 Å². The van der Waals surface area contributed by atoms with E-state index in [1.165, 1.54) is 0 Å². The van der Waals surface area contributed by atoms with Crippen LogP contribution < -0.4 is 0 Å². The molecule has 1 atom stereocenters. The summed E-state index contributed by atoms with van der Waals surface area (Å²) in [6.45, 7) is 3.06. The minimum atomic E-state index is 0.00235. The van der Waals surface area contributed by atoms with Crippen LogP contribution in [0.3, 0.4) is 0 Å². The fourth-order valence-corrected chi connectivity index (χ4v) is 2.86. The molecule has 4 rings (SSSR count). The topological polar surface area (TPSA) is 64.3 Å². The summed E-state index contributed by atoms with van der Waals surface area (Å²) in [5.74, 6) is 0.850. The van der Waals surface area contributed by atoms with Crippen molar-refractivity contribution in [3.63, 3.8) is 0 Å². The molecule has 3 aromatic rings. The first-order valence-corrected chi connectivity index (χ1v) is 7.99. The average Bonchev–Trinajstić information content (AvgIpc) is 3.12. The minimum absolute atomic E-state index is 0.00235. The third kappa shape index (κ3) is 3.34. The Morgan fingerprint density at radius 2 is 2.04 bits per heavy atom. The third-order valence-electron chi connectivity index (χ3n) is 4.08. The Hall–Kier alpha value is -2.57. The molecule has 0 bridgehead atoms. The Kier molecular flexibility index (Phi) is 4.31. The van der Waals surface area contributed by atoms with Crippen LogP contribution in [-0.2, 0) is 11.3 Å². The second-order valence-electron chi connectivity index (χ2n) is 5.76. The number of ether oxygens (including phenoxy) is 1. The van der Waals surface area contributed by atoms with Crippen LogP contribution in [0.1, 0.15) is 17.6 Å².